The Hall–Kier alpha value is -1.59. The van der Waals surface area contributed by atoms with Crippen molar-refractivity contribution in [2.24, 2.45) is 17.6 Å². The summed E-state index contributed by atoms with van der Waals surface area (Å²) in [6.07, 6.45) is 3.23. The van der Waals surface area contributed by atoms with Gasteiger partial charge in [0, 0.05) is 6.54 Å². The van der Waals surface area contributed by atoms with Crippen LogP contribution in [0.5, 0.6) is 0 Å². The molecule has 18 heavy (non-hydrogen) atoms. The van der Waals surface area contributed by atoms with Crippen molar-refractivity contribution in [2.45, 2.75) is 38.1 Å². The first-order valence-corrected chi connectivity index (χ1v) is 6.35. The fraction of sp³-hybridized carbons (Fsp3) is 0.750. The van der Waals surface area contributed by atoms with Gasteiger partial charge in [-0.15, -0.1) is 0 Å². The van der Waals surface area contributed by atoms with Gasteiger partial charge in [-0.1, -0.05) is 6.42 Å². The Kier molecular flexibility index (Phi) is 3.54. The van der Waals surface area contributed by atoms with Crippen LogP contribution in [0.2, 0.25) is 0 Å². The zero-order chi connectivity index (χ0) is 13.3. The summed E-state index contributed by atoms with van der Waals surface area (Å²) >= 11 is 0. The molecule has 2 aliphatic rings. The number of amides is 2. The fourth-order valence-electron chi connectivity index (χ4n) is 3.09. The van der Waals surface area contributed by atoms with Crippen molar-refractivity contribution in [1.29, 1.82) is 0 Å². The van der Waals surface area contributed by atoms with Crippen molar-refractivity contribution in [3.05, 3.63) is 0 Å². The number of hydrogen-bond donors (Lipinski definition) is 2. The van der Waals surface area contributed by atoms with Crippen LogP contribution in [0.1, 0.15) is 32.1 Å². The molecule has 3 N–H and O–H groups in total. The number of carbonyl (C=O) groups is 3. The molecular formula is C12H18N2O4. The Morgan fingerprint density at radius 3 is 2.33 bits per heavy atom. The predicted octanol–water partition coefficient (Wildman–Crippen LogP) is -0.0364. The van der Waals surface area contributed by atoms with Crippen LogP contribution in [0.25, 0.3) is 0 Å². The highest BCUT2D eigenvalue weighted by Gasteiger charge is 2.43. The third kappa shape index (κ3) is 2.19. The Morgan fingerprint density at radius 1 is 1.06 bits per heavy atom. The third-order valence-electron chi connectivity index (χ3n) is 4.01. The quantitative estimate of drug-likeness (QED) is 0.738. The zero-order valence-corrected chi connectivity index (χ0v) is 10.2. The number of nitrogens with zero attached hydrogens (tertiary/aromatic N) is 1. The molecule has 1 aliphatic heterocycles. The normalized spacial score (nSPS) is 31.6. The summed E-state index contributed by atoms with van der Waals surface area (Å²) in [7, 11) is 0. The number of aliphatic carboxylic acids is 1. The average molecular weight is 254 g/mol. The fourth-order valence-corrected chi connectivity index (χ4v) is 3.09. The van der Waals surface area contributed by atoms with Crippen LogP contribution >= 0.6 is 0 Å². The van der Waals surface area contributed by atoms with Crippen molar-refractivity contribution in [1.82, 2.24) is 4.90 Å². The van der Waals surface area contributed by atoms with E-state index in [0.29, 0.717) is 25.8 Å². The molecule has 1 saturated heterocycles. The molecule has 1 saturated carbocycles. The van der Waals surface area contributed by atoms with Crippen LogP contribution in [0.15, 0.2) is 0 Å². The van der Waals surface area contributed by atoms with E-state index >= 15 is 0 Å². The van der Waals surface area contributed by atoms with Gasteiger partial charge in [0.25, 0.3) is 0 Å². The van der Waals surface area contributed by atoms with Crippen molar-refractivity contribution >= 4 is 17.8 Å². The maximum absolute atomic E-state index is 12.3. The molecule has 1 aliphatic carbocycles. The maximum Gasteiger partial charge on any atom is 0.307 e. The molecule has 6 nitrogen and oxygen atoms in total. The van der Waals surface area contributed by atoms with Gasteiger partial charge in [-0.3, -0.25) is 14.4 Å². The molecule has 3 unspecified atom stereocenters. The molecule has 0 bridgehead atoms. The first-order valence-electron chi connectivity index (χ1n) is 6.35. The van der Waals surface area contributed by atoms with Gasteiger partial charge < -0.3 is 15.7 Å². The van der Waals surface area contributed by atoms with E-state index in [-0.39, 0.29) is 5.91 Å². The van der Waals surface area contributed by atoms with Crippen molar-refractivity contribution in [3.63, 3.8) is 0 Å². The molecule has 100 valence electrons. The van der Waals surface area contributed by atoms with E-state index < -0.39 is 29.8 Å². The van der Waals surface area contributed by atoms with Gasteiger partial charge >= 0.3 is 5.97 Å². The number of likely N-dealkylation sites (tertiary alicyclic amines) is 1. The van der Waals surface area contributed by atoms with E-state index in [4.69, 9.17) is 10.8 Å². The van der Waals surface area contributed by atoms with Crippen molar-refractivity contribution in [2.75, 3.05) is 6.54 Å². The van der Waals surface area contributed by atoms with Crippen LogP contribution < -0.4 is 5.73 Å². The summed E-state index contributed by atoms with van der Waals surface area (Å²) in [5.74, 6) is -2.71. The molecule has 0 aromatic heterocycles. The van der Waals surface area contributed by atoms with Crippen LogP contribution in [0.4, 0.5) is 0 Å². The van der Waals surface area contributed by atoms with Gasteiger partial charge in [0.05, 0.1) is 11.8 Å². The highest BCUT2D eigenvalue weighted by atomic mass is 16.4. The molecule has 2 rings (SSSR count). The lowest BCUT2D eigenvalue weighted by atomic mass is 9.94. The summed E-state index contributed by atoms with van der Waals surface area (Å²) < 4.78 is 0. The minimum Gasteiger partial charge on any atom is -0.481 e. The van der Waals surface area contributed by atoms with E-state index in [1.165, 1.54) is 4.90 Å². The molecule has 1 heterocycles. The second-order valence-corrected chi connectivity index (χ2v) is 5.07. The Labute approximate surface area is 105 Å². The van der Waals surface area contributed by atoms with Crippen molar-refractivity contribution in [3.8, 4) is 0 Å². The standard InChI is InChI=1S/C12H18N2O4/c13-10(15)9-5-2-6-14(9)11(16)7-3-1-4-8(7)12(17)18/h7-9H,1-6H2,(H2,13,15)(H,17,18). The third-order valence-corrected chi connectivity index (χ3v) is 4.01. The Morgan fingerprint density at radius 2 is 1.72 bits per heavy atom. The number of primary amides is 1. The lowest BCUT2D eigenvalue weighted by Crippen LogP contribution is -2.47. The number of hydrogen-bond acceptors (Lipinski definition) is 3. The number of carboxylic acids is 1. The van der Waals surface area contributed by atoms with E-state index in [0.717, 1.165) is 12.8 Å². The number of carbonyl (C=O) groups excluding carboxylic acids is 2. The van der Waals surface area contributed by atoms with Gasteiger partial charge in [-0.2, -0.15) is 0 Å². The van der Waals surface area contributed by atoms with Gasteiger partial charge in [-0.05, 0) is 25.7 Å². The molecule has 0 aromatic rings. The SMILES string of the molecule is NC(=O)C1CCCN1C(=O)C1CCCC1C(=O)O. The minimum absolute atomic E-state index is 0.207. The lowest BCUT2D eigenvalue weighted by Gasteiger charge is -2.27. The van der Waals surface area contributed by atoms with E-state index in [2.05, 4.69) is 0 Å². The monoisotopic (exact) mass is 254 g/mol. The first-order chi connectivity index (χ1) is 8.52. The first kappa shape index (κ1) is 12.9. The molecule has 2 amide bonds. The van der Waals surface area contributed by atoms with E-state index in [1.807, 2.05) is 0 Å². The Balaban J connectivity index is 2.11. The van der Waals surface area contributed by atoms with Crippen LogP contribution in [-0.2, 0) is 14.4 Å². The topological polar surface area (TPSA) is 101 Å². The molecule has 0 spiro atoms. The van der Waals surface area contributed by atoms with E-state index in [9.17, 15) is 14.4 Å². The van der Waals surface area contributed by atoms with Gasteiger partial charge in [0.2, 0.25) is 11.8 Å². The molecule has 6 heteroatoms. The molecular weight excluding hydrogens is 236 g/mol. The zero-order valence-electron chi connectivity index (χ0n) is 10.2. The molecule has 2 fully saturated rings. The van der Waals surface area contributed by atoms with Crippen LogP contribution in [0.3, 0.4) is 0 Å². The summed E-state index contributed by atoms with van der Waals surface area (Å²) in [5.41, 5.74) is 5.27. The predicted molar refractivity (Wildman–Crippen MR) is 62.4 cm³/mol. The summed E-state index contributed by atoms with van der Waals surface area (Å²) in [4.78, 5) is 36.2. The van der Waals surface area contributed by atoms with Gasteiger partial charge in [0.15, 0.2) is 0 Å². The highest BCUT2D eigenvalue weighted by Crippen LogP contribution is 2.35. The minimum atomic E-state index is -0.916. The highest BCUT2D eigenvalue weighted by molar-refractivity contribution is 5.90. The number of rotatable bonds is 3. The van der Waals surface area contributed by atoms with Gasteiger partial charge in [-0.25, -0.2) is 0 Å². The van der Waals surface area contributed by atoms with Crippen LogP contribution in [0, 0.1) is 11.8 Å². The summed E-state index contributed by atoms with van der Waals surface area (Å²) in [5, 5.41) is 9.09. The van der Waals surface area contributed by atoms with E-state index in [1.54, 1.807) is 0 Å². The lowest BCUT2D eigenvalue weighted by molar-refractivity contribution is -0.150. The van der Waals surface area contributed by atoms with Crippen molar-refractivity contribution < 1.29 is 19.5 Å². The maximum atomic E-state index is 12.3. The molecule has 3 atom stereocenters. The molecule has 0 radical (unpaired) electrons. The Bertz CT molecular complexity index is 348. The molecule has 0 aromatic carbocycles. The van der Waals surface area contributed by atoms with Crippen LogP contribution in [-0.4, -0.2) is 40.4 Å². The number of nitrogens with two attached hydrogens (primary N) is 1. The second kappa shape index (κ2) is 4.96. The number of carboxylic acid groups (broad SMARTS) is 1. The second-order valence-electron chi connectivity index (χ2n) is 5.07. The smallest absolute Gasteiger partial charge is 0.307 e. The summed E-state index contributed by atoms with van der Waals surface area (Å²) in [6.45, 7) is 0.509. The largest absolute Gasteiger partial charge is 0.481 e. The average Bonchev–Trinajstić information content (AvgIpc) is 2.97. The summed E-state index contributed by atoms with van der Waals surface area (Å²) in [6, 6.07) is -0.549. The van der Waals surface area contributed by atoms with Gasteiger partial charge in [0.1, 0.15) is 6.04 Å².